The van der Waals surface area contributed by atoms with E-state index < -0.39 is 0 Å². The molecule has 0 amide bonds. The van der Waals surface area contributed by atoms with Crippen LogP contribution >= 0.6 is 11.8 Å². The zero-order valence-electron chi connectivity index (χ0n) is 8.87. The Morgan fingerprint density at radius 1 is 0.714 bits per heavy atom. The molecular weight excluding hydrogens is 190 g/mol. The van der Waals surface area contributed by atoms with Crippen molar-refractivity contribution in [1.82, 2.24) is 5.32 Å². The maximum Gasteiger partial charge on any atom is 0.0204 e. The molecule has 1 N–H and O–H groups in total. The van der Waals surface area contributed by atoms with Gasteiger partial charge in [0.1, 0.15) is 0 Å². The van der Waals surface area contributed by atoms with Crippen molar-refractivity contribution >= 4 is 11.8 Å². The van der Waals surface area contributed by atoms with Crippen molar-refractivity contribution in [3.05, 3.63) is 0 Å². The first-order chi connectivity index (χ1) is 6.93. The highest BCUT2D eigenvalue weighted by atomic mass is 32.2. The Balaban J connectivity index is 1.68. The van der Waals surface area contributed by atoms with Gasteiger partial charge in [-0.3, -0.25) is 0 Å². The fraction of sp³-hybridized carbons (Fsp3) is 1.00. The van der Waals surface area contributed by atoms with Gasteiger partial charge in [0, 0.05) is 22.6 Å². The van der Waals surface area contributed by atoms with Crippen LogP contribution in [-0.2, 0) is 0 Å². The fourth-order valence-corrected chi connectivity index (χ4v) is 5.26. The largest absolute Gasteiger partial charge is 0.309 e. The Morgan fingerprint density at radius 3 is 1.79 bits per heavy atom. The monoisotopic (exact) mass is 211 g/mol. The Bertz CT molecular complexity index is 164. The standard InChI is InChI=1S/C12H21NS/c1-3-7-11-9(5-1)13-10-6-2-4-8-12(10)14-11/h9-13H,1-8H2/t9-,10-,11-,12+/m0/s1. The van der Waals surface area contributed by atoms with Crippen molar-refractivity contribution in [3.8, 4) is 0 Å². The van der Waals surface area contributed by atoms with Crippen LogP contribution in [0.3, 0.4) is 0 Å². The van der Waals surface area contributed by atoms with E-state index in [2.05, 4.69) is 17.1 Å². The van der Waals surface area contributed by atoms with Crippen LogP contribution in [0.25, 0.3) is 0 Å². The van der Waals surface area contributed by atoms with E-state index in [1.807, 2.05) is 0 Å². The molecule has 0 unspecified atom stereocenters. The van der Waals surface area contributed by atoms with Gasteiger partial charge < -0.3 is 5.32 Å². The number of nitrogens with one attached hydrogen (secondary N) is 1. The Labute approximate surface area is 91.4 Å². The van der Waals surface area contributed by atoms with Gasteiger partial charge in [0.25, 0.3) is 0 Å². The molecule has 3 rings (SSSR count). The van der Waals surface area contributed by atoms with Crippen LogP contribution in [0.2, 0.25) is 0 Å². The van der Waals surface area contributed by atoms with E-state index in [-0.39, 0.29) is 0 Å². The van der Waals surface area contributed by atoms with E-state index in [0.29, 0.717) is 0 Å². The van der Waals surface area contributed by atoms with Crippen molar-refractivity contribution in [2.75, 3.05) is 0 Å². The second-order valence-corrected chi connectivity index (χ2v) is 6.64. The SMILES string of the molecule is C1CC[C@@H]2S[C@@H]3CCCC[C@@H]3N[C@H]2C1. The van der Waals surface area contributed by atoms with Gasteiger partial charge in [-0.2, -0.15) is 11.8 Å². The smallest absolute Gasteiger partial charge is 0.0204 e. The summed E-state index contributed by atoms with van der Waals surface area (Å²) in [6.45, 7) is 0. The highest BCUT2D eigenvalue weighted by Gasteiger charge is 2.38. The molecule has 0 spiro atoms. The Kier molecular flexibility index (Phi) is 2.76. The molecule has 0 radical (unpaired) electrons. The second kappa shape index (κ2) is 4.05. The molecule has 0 aromatic carbocycles. The van der Waals surface area contributed by atoms with Crippen LogP contribution in [-0.4, -0.2) is 22.6 Å². The lowest BCUT2D eigenvalue weighted by Gasteiger charge is -2.46. The molecule has 0 aromatic rings. The molecule has 0 bridgehead atoms. The van der Waals surface area contributed by atoms with E-state index >= 15 is 0 Å². The summed E-state index contributed by atoms with van der Waals surface area (Å²) in [5.74, 6) is 0. The molecule has 14 heavy (non-hydrogen) atoms. The summed E-state index contributed by atoms with van der Waals surface area (Å²) in [4.78, 5) is 0. The molecule has 1 saturated heterocycles. The van der Waals surface area contributed by atoms with E-state index in [4.69, 9.17) is 0 Å². The predicted molar refractivity (Wildman–Crippen MR) is 62.8 cm³/mol. The normalized spacial score (nSPS) is 48.0. The van der Waals surface area contributed by atoms with Gasteiger partial charge in [-0.05, 0) is 25.7 Å². The lowest BCUT2D eigenvalue weighted by Crippen LogP contribution is -2.56. The maximum absolute atomic E-state index is 3.94. The third-order valence-corrected chi connectivity index (χ3v) is 6.01. The van der Waals surface area contributed by atoms with Crippen LogP contribution in [0.4, 0.5) is 0 Å². The van der Waals surface area contributed by atoms with Gasteiger partial charge in [-0.15, -0.1) is 0 Å². The van der Waals surface area contributed by atoms with Crippen LogP contribution in [0, 0.1) is 0 Å². The first kappa shape index (κ1) is 9.53. The Hall–Kier alpha value is 0.310. The highest BCUT2D eigenvalue weighted by molar-refractivity contribution is 8.00. The summed E-state index contributed by atoms with van der Waals surface area (Å²) in [5, 5.41) is 5.86. The number of rotatable bonds is 0. The molecule has 3 aliphatic rings. The van der Waals surface area contributed by atoms with Gasteiger partial charge in [-0.1, -0.05) is 25.7 Å². The van der Waals surface area contributed by atoms with Gasteiger partial charge in [-0.25, -0.2) is 0 Å². The summed E-state index contributed by atoms with van der Waals surface area (Å²) in [6, 6.07) is 1.74. The predicted octanol–water partition coefficient (Wildman–Crippen LogP) is 2.95. The zero-order valence-corrected chi connectivity index (χ0v) is 9.69. The molecular formula is C12H21NS. The van der Waals surface area contributed by atoms with Crippen molar-refractivity contribution in [2.45, 2.75) is 74.0 Å². The quantitative estimate of drug-likeness (QED) is 0.661. The minimum absolute atomic E-state index is 0.869. The summed E-state index contributed by atoms with van der Waals surface area (Å²) in [6.07, 6.45) is 11.7. The number of hydrogen-bond donors (Lipinski definition) is 1. The molecule has 1 heterocycles. The Morgan fingerprint density at radius 2 is 1.21 bits per heavy atom. The van der Waals surface area contributed by atoms with Crippen LogP contribution in [0.1, 0.15) is 51.4 Å². The second-order valence-electron chi connectivity index (χ2n) is 5.16. The first-order valence-corrected chi connectivity index (χ1v) is 7.29. The average molecular weight is 211 g/mol. The number of thioether (sulfide) groups is 1. The van der Waals surface area contributed by atoms with Crippen LogP contribution < -0.4 is 5.32 Å². The fourth-order valence-electron chi connectivity index (χ4n) is 3.40. The number of hydrogen-bond acceptors (Lipinski definition) is 2. The van der Waals surface area contributed by atoms with E-state index in [9.17, 15) is 0 Å². The van der Waals surface area contributed by atoms with E-state index in [0.717, 1.165) is 22.6 Å². The lowest BCUT2D eigenvalue weighted by atomic mass is 9.89. The van der Waals surface area contributed by atoms with E-state index in [1.54, 1.807) is 0 Å². The molecule has 2 heteroatoms. The van der Waals surface area contributed by atoms with Crippen molar-refractivity contribution in [2.24, 2.45) is 0 Å². The summed E-state index contributed by atoms with van der Waals surface area (Å²) in [5.41, 5.74) is 0. The number of fused-ring (bicyclic) bond motifs is 2. The van der Waals surface area contributed by atoms with Crippen molar-refractivity contribution in [3.63, 3.8) is 0 Å². The summed E-state index contributed by atoms with van der Waals surface area (Å²) < 4.78 is 0. The van der Waals surface area contributed by atoms with Gasteiger partial charge in [0.05, 0.1) is 0 Å². The van der Waals surface area contributed by atoms with Crippen LogP contribution in [0.5, 0.6) is 0 Å². The third kappa shape index (κ3) is 1.71. The molecule has 3 fully saturated rings. The summed E-state index contributed by atoms with van der Waals surface area (Å²) >= 11 is 2.34. The molecule has 1 nitrogen and oxygen atoms in total. The third-order valence-electron chi connectivity index (χ3n) is 4.18. The van der Waals surface area contributed by atoms with Crippen LogP contribution in [0.15, 0.2) is 0 Å². The maximum atomic E-state index is 3.94. The summed E-state index contributed by atoms with van der Waals surface area (Å²) in [7, 11) is 0. The van der Waals surface area contributed by atoms with E-state index in [1.165, 1.54) is 51.4 Å². The lowest BCUT2D eigenvalue weighted by molar-refractivity contribution is 0.284. The first-order valence-electron chi connectivity index (χ1n) is 6.35. The minimum atomic E-state index is 0.869. The minimum Gasteiger partial charge on any atom is -0.309 e. The molecule has 1 aliphatic heterocycles. The molecule has 80 valence electrons. The average Bonchev–Trinajstić information content (AvgIpc) is 2.26. The molecule has 2 saturated carbocycles. The zero-order chi connectivity index (χ0) is 9.38. The molecule has 4 atom stereocenters. The molecule has 0 aromatic heterocycles. The highest BCUT2D eigenvalue weighted by Crippen LogP contribution is 2.41. The van der Waals surface area contributed by atoms with Crippen molar-refractivity contribution < 1.29 is 0 Å². The van der Waals surface area contributed by atoms with Gasteiger partial charge >= 0.3 is 0 Å². The van der Waals surface area contributed by atoms with Gasteiger partial charge in [0.2, 0.25) is 0 Å². The van der Waals surface area contributed by atoms with Crippen molar-refractivity contribution in [1.29, 1.82) is 0 Å². The van der Waals surface area contributed by atoms with Gasteiger partial charge in [0.15, 0.2) is 0 Å². The topological polar surface area (TPSA) is 12.0 Å². The molecule has 2 aliphatic carbocycles.